The predicted octanol–water partition coefficient (Wildman–Crippen LogP) is -0.218. The van der Waals surface area contributed by atoms with Crippen molar-refractivity contribution in [2.24, 2.45) is 0 Å². The second-order valence-corrected chi connectivity index (χ2v) is 3.52. The van der Waals surface area contributed by atoms with E-state index in [2.05, 4.69) is 32.2 Å². The number of aromatic nitrogens is 2. The highest BCUT2D eigenvalue weighted by Gasteiger charge is 2.22. The topological polar surface area (TPSA) is 54.2 Å². The second kappa shape index (κ2) is 3.43. The molecule has 0 spiro atoms. The van der Waals surface area contributed by atoms with Gasteiger partial charge in [-0.15, -0.1) is 0 Å². The number of hydrogen-bond acceptors (Lipinski definition) is 5. The van der Waals surface area contributed by atoms with Gasteiger partial charge in [-0.3, -0.25) is 4.90 Å². The van der Waals surface area contributed by atoms with E-state index in [0.29, 0.717) is 6.04 Å². The molecular formula is C8H14N4O. The maximum Gasteiger partial charge on any atom is 0.122 e. The van der Waals surface area contributed by atoms with Crippen molar-refractivity contribution in [2.45, 2.75) is 19.5 Å². The standard InChI is InChI=1S/C8H14N4O/c1-6-8(11-13-10-6)5-12(2)7-3-9-4-7/h7,9H,3-5H2,1-2H3. The summed E-state index contributed by atoms with van der Waals surface area (Å²) in [7, 11) is 2.10. The van der Waals surface area contributed by atoms with Gasteiger partial charge < -0.3 is 5.32 Å². The SMILES string of the molecule is Cc1nonc1CN(C)C1CNC1. The van der Waals surface area contributed by atoms with Crippen LogP contribution in [-0.4, -0.2) is 41.4 Å². The Labute approximate surface area is 77.1 Å². The van der Waals surface area contributed by atoms with Crippen molar-refractivity contribution in [1.29, 1.82) is 0 Å². The fourth-order valence-corrected chi connectivity index (χ4v) is 1.34. The highest BCUT2D eigenvalue weighted by molar-refractivity contribution is 5.04. The molecule has 2 rings (SSSR count). The summed E-state index contributed by atoms with van der Waals surface area (Å²) in [4.78, 5) is 2.27. The van der Waals surface area contributed by atoms with E-state index in [-0.39, 0.29) is 0 Å². The zero-order chi connectivity index (χ0) is 9.26. The molecule has 72 valence electrons. The van der Waals surface area contributed by atoms with E-state index in [1.807, 2.05) is 6.92 Å². The van der Waals surface area contributed by atoms with E-state index in [1.54, 1.807) is 0 Å². The largest absolute Gasteiger partial charge is 0.314 e. The maximum absolute atomic E-state index is 4.64. The monoisotopic (exact) mass is 182 g/mol. The lowest BCUT2D eigenvalue weighted by atomic mass is 10.1. The van der Waals surface area contributed by atoms with Crippen molar-refractivity contribution in [3.8, 4) is 0 Å². The van der Waals surface area contributed by atoms with Gasteiger partial charge in [0.05, 0.1) is 0 Å². The molecule has 1 aliphatic rings. The molecule has 0 aromatic carbocycles. The molecule has 1 fully saturated rings. The van der Waals surface area contributed by atoms with Crippen LogP contribution in [-0.2, 0) is 6.54 Å². The molecule has 13 heavy (non-hydrogen) atoms. The first-order chi connectivity index (χ1) is 6.27. The smallest absolute Gasteiger partial charge is 0.122 e. The van der Waals surface area contributed by atoms with E-state index < -0.39 is 0 Å². The van der Waals surface area contributed by atoms with Gasteiger partial charge >= 0.3 is 0 Å². The van der Waals surface area contributed by atoms with Gasteiger partial charge in [0, 0.05) is 25.7 Å². The summed E-state index contributed by atoms with van der Waals surface area (Å²) in [5, 5.41) is 10.8. The number of likely N-dealkylation sites (N-methyl/N-ethyl adjacent to an activating group) is 1. The quantitative estimate of drug-likeness (QED) is 0.700. The van der Waals surface area contributed by atoms with Gasteiger partial charge in [-0.2, -0.15) is 0 Å². The van der Waals surface area contributed by atoms with Gasteiger partial charge in [0.1, 0.15) is 11.4 Å². The Balaban J connectivity index is 1.93. The lowest BCUT2D eigenvalue weighted by Crippen LogP contribution is -2.55. The molecule has 0 atom stereocenters. The number of aryl methyl sites for hydroxylation is 1. The Morgan fingerprint density at radius 1 is 1.54 bits per heavy atom. The molecule has 0 unspecified atom stereocenters. The lowest BCUT2D eigenvalue weighted by molar-refractivity contribution is 0.168. The van der Waals surface area contributed by atoms with Crippen LogP contribution in [0.5, 0.6) is 0 Å². The summed E-state index contributed by atoms with van der Waals surface area (Å²) in [6.45, 7) is 4.88. The van der Waals surface area contributed by atoms with Crippen molar-refractivity contribution < 1.29 is 4.63 Å². The lowest BCUT2D eigenvalue weighted by Gasteiger charge is -2.35. The van der Waals surface area contributed by atoms with Gasteiger partial charge in [-0.25, -0.2) is 4.63 Å². The molecule has 0 saturated carbocycles. The summed E-state index contributed by atoms with van der Waals surface area (Å²) in [6, 6.07) is 0.635. The molecule has 1 aliphatic heterocycles. The molecule has 0 amide bonds. The molecule has 1 aromatic heterocycles. The maximum atomic E-state index is 4.64. The molecule has 1 saturated heterocycles. The summed E-state index contributed by atoms with van der Waals surface area (Å²) < 4.78 is 4.64. The number of nitrogens with zero attached hydrogens (tertiary/aromatic N) is 3. The van der Waals surface area contributed by atoms with E-state index in [0.717, 1.165) is 31.0 Å². The van der Waals surface area contributed by atoms with Gasteiger partial charge in [0.25, 0.3) is 0 Å². The van der Waals surface area contributed by atoms with E-state index >= 15 is 0 Å². The Hall–Kier alpha value is -0.940. The highest BCUT2D eigenvalue weighted by Crippen LogP contribution is 2.09. The highest BCUT2D eigenvalue weighted by atomic mass is 16.6. The fraction of sp³-hybridized carbons (Fsp3) is 0.750. The first kappa shape index (κ1) is 8.65. The van der Waals surface area contributed by atoms with Crippen LogP contribution in [0.4, 0.5) is 0 Å². The van der Waals surface area contributed by atoms with Gasteiger partial charge in [0.15, 0.2) is 0 Å². The van der Waals surface area contributed by atoms with Crippen molar-refractivity contribution in [3.63, 3.8) is 0 Å². The van der Waals surface area contributed by atoms with Crippen LogP contribution in [0.25, 0.3) is 0 Å². The van der Waals surface area contributed by atoms with Crippen molar-refractivity contribution in [2.75, 3.05) is 20.1 Å². The third-order valence-corrected chi connectivity index (χ3v) is 2.53. The molecule has 2 heterocycles. The molecule has 1 aromatic rings. The number of nitrogens with one attached hydrogen (secondary N) is 1. The minimum Gasteiger partial charge on any atom is -0.314 e. The predicted molar refractivity (Wildman–Crippen MR) is 47.2 cm³/mol. The summed E-state index contributed by atoms with van der Waals surface area (Å²) in [5.41, 5.74) is 1.83. The third kappa shape index (κ3) is 1.71. The Morgan fingerprint density at radius 3 is 2.77 bits per heavy atom. The molecule has 0 aliphatic carbocycles. The van der Waals surface area contributed by atoms with Crippen LogP contribution in [0.2, 0.25) is 0 Å². The molecule has 1 N–H and O–H groups in total. The van der Waals surface area contributed by atoms with Crippen LogP contribution in [0.3, 0.4) is 0 Å². The first-order valence-corrected chi connectivity index (χ1v) is 4.46. The minimum absolute atomic E-state index is 0.635. The third-order valence-electron chi connectivity index (χ3n) is 2.53. The van der Waals surface area contributed by atoms with Gasteiger partial charge in [0.2, 0.25) is 0 Å². The van der Waals surface area contributed by atoms with Crippen molar-refractivity contribution in [3.05, 3.63) is 11.4 Å². The molecule has 0 radical (unpaired) electrons. The molecule has 5 nitrogen and oxygen atoms in total. The zero-order valence-electron chi connectivity index (χ0n) is 7.95. The number of rotatable bonds is 3. The minimum atomic E-state index is 0.635. The molecular weight excluding hydrogens is 168 g/mol. The van der Waals surface area contributed by atoms with E-state index in [9.17, 15) is 0 Å². The van der Waals surface area contributed by atoms with Crippen LogP contribution in [0, 0.1) is 6.92 Å². The van der Waals surface area contributed by atoms with E-state index in [1.165, 1.54) is 0 Å². The normalized spacial score (nSPS) is 17.8. The zero-order valence-corrected chi connectivity index (χ0v) is 7.95. The average molecular weight is 182 g/mol. The Bertz CT molecular complexity index is 281. The fourth-order valence-electron chi connectivity index (χ4n) is 1.34. The molecule has 5 heteroatoms. The van der Waals surface area contributed by atoms with E-state index in [4.69, 9.17) is 0 Å². The van der Waals surface area contributed by atoms with Crippen molar-refractivity contribution >= 4 is 0 Å². The van der Waals surface area contributed by atoms with Gasteiger partial charge in [-0.05, 0) is 14.0 Å². The Kier molecular flexibility index (Phi) is 2.28. The summed E-state index contributed by atoms with van der Waals surface area (Å²) in [6.07, 6.45) is 0. The van der Waals surface area contributed by atoms with Crippen LogP contribution in [0.1, 0.15) is 11.4 Å². The van der Waals surface area contributed by atoms with Crippen molar-refractivity contribution in [1.82, 2.24) is 20.5 Å². The van der Waals surface area contributed by atoms with Crippen LogP contribution < -0.4 is 5.32 Å². The van der Waals surface area contributed by atoms with Gasteiger partial charge in [-0.1, -0.05) is 10.3 Å². The average Bonchev–Trinajstić information content (AvgIpc) is 2.32. The first-order valence-electron chi connectivity index (χ1n) is 4.46. The molecule has 0 bridgehead atoms. The Morgan fingerprint density at radius 2 is 2.31 bits per heavy atom. The number of hydrogen-bond donors (Lipinski definition) is 1. The van der Waals surface area contributed by atoms with Crippen LogP contribution in [0.15, 0.2) is 4.63 Å². The summed E-state index contributed by atoms with van der Waals surface area (Å²) in [5.74, 6) is 0. The summed E-state index contributed by atoms with van der Waals surface area (Å²) >= 11 is 0. The van der Waals surface area contributed by atoms with Crippen LogP contribution >= 0.6 is 0 Å². The second-order valence-electron chi connectivity index (χ2n) is 3.52.